The van der Waals surface area contributed by atoms with E-state index in [1.807, 2.05) is 30.3 Å². The van der Waals surface area contributed by atoms with Crippen LogP contribution in [-0.4, -0.2) is 26.9 Å². The highest BCUT2D eigenvalue weighted by molar-refractivity contribution is 7.89. The van der Waals surface area contributed by atoms with Crippen LogP contribution >= 0.6 is 0 Å². The number of carbonyl (C=O) groups is 1. The zero-order valence-corrected chi connectivity index (χ0v) is 16.4. The summed E-state index contributed by atoms with van der Waals surface area (Å²) >= 11 is 0. The zero-order chi connectivity index (χ0) is 20.1. The Bertz CT molecular complexity index is 1080. The van der Waals surface area contributed by atoms with Crippen LogP contribution in [0.5, 0.6) is 0 Å². The Morgan fingerprint density at radius 2 is 1.64 bits per heavy atom. The number of hydrogen-bond donors (Lipinski definition) is 3. The maximum Gasteiger partial charge on any atom is 0.241 e. The highest BCUT2D eigenvalue weighted by Crippen LogP contribution is 2.28. The van der Waals surface area contributed by atoms with E-state index in [4.69, 9.17) is 5.73 Å². The van der Waals surface area contributed by atoms with Gasteiger partial charge in [0.05, 0.1) is 10.9 Å². The SMILES string of the molecule is CCNS(=O)(=O)c1cccc2c(NC(=O)[C@@H](N)Cc3ccccc3)cccc12. The summed E-state index contributed by atoms with van der Waals surface area (Å²) < 4.78 is 27.4. The molecule has 0 spiro atoms. The molecule has 0 aliphatic rings. The monoisotopic (exact) mass is 397 g/mol. The molecule has 0 bridgehead atoms. The van der Waals surface area contributed by atoms with Crippen molar-refractivity contribution in [3.8, 4) is 0 Å². The van der Waals surface area contributed by atoms with Crippen molar-refractivity contribution >= 4 is 32.4 Å². The van der Waals surface area contributed by atoms with Gasteiger partial charge < -0.3 is 11.1 Å². The Morgan fingerprint density at radius 1 is 0.964 bits per heavy atom. The van der Waals surface area contributed by atoms with E-state index in [9.17, 15) is 13.2 Å². The highest BCUT2D eigenvalue weighted by atomic mass is 32.2. The number of nitrogens with two attached hydrogens (primary N) is 1. The molecule has 0 saturated carbocycles. The maximum atomic E-state index is 12.6. The van der Waals surface area contributed by atoms with E-state index in [0.717, 1.165) is 5.56 Å². The summed E-state index contributed by atoms with van der Waals surface area (Å²) in [5.41, 5.74) is 7.56. The van der Waals surface area contributed by atoms with Crippen LogP contribution in [0, 0.1) is 0 Å². The van der Waals surface area contributed by atoms with Crippen molar-refractivity contribution < 1.29 is 13.2 Å². The Morgan fingerprint density at radius 3 is 2.36 bits per heavy atom. The number of sulfonamides is 1. The molecule has 3 aromatic carbocycles. The molecule has 7 heteroatoms. The summed E-state index contributed by atoms with van der Waals surface area (Å²) in [7, 11) is -3.63. The number of fused-ring (bicyclic) bond motifs is 1. The van der Waals surface area contributed by atoms with Crippen LogP contribution in [0.15, 0.2) is 71.6 Å². The summed E-state index contributed by atoms with van der Waals surface area (Å²) in [6.45, 7) is 2.02. The lowest BCUT2D eigenvalue weighted by Crippen LogP contribution is -2.37. The number of amides is 1. The molecule has 0 saturated heterocycles. The minimum Gasteiger partial charge on any atom is -0.324 e. The molecule has 0 heterocycles. The van der Waals surface area contributed by atoms with Gasteiger partial charge in [-0.3, -0.25) is 4.79 Å². The first kappa shape index (κ1) is 20.0. The summed E-state index contributed by atoms with van der Waals surface area (Å²) in [6, 6.07) is 19.0. The predicted octanol–water partition coefficient (Wildman–Crippen LogP) is 2.65. The third-order valence-electron chi connectivity index (χ3n) is 4.40. The lowest BCUT2D eigenvalue weighted by atomic mass is 10.1. The lowest BCUT2D eigenvalue weighted by molar-refractivity contribution is -0.117. The summed E-state index contributed by atoms with van der Waals surface area (Å²) in [6.07, 6.45) is 0.414. The van der Waals surface area contributed by atoms with Crippen molar-refractivity contribution in [1.29, 1.82) is 0 Å². The number of carbonyl (C=O) groups excluding carboxylic acids is 1. The molecule has 0 aliphatic heterocycles. The second kappa shape index (κ2) is 8.52. The minimum atomic E-state index is -3.63. The van der Waals surface area contributed by atoms with Gasteiger partial charge in [0.15, 0.2) is 0 Å². The van der Waals surface area contributed by atoms with Gasteiger partial charge in [0.2, 0.25) is 15.9 Å². The average molecular weight is 398 g/mol. The molecular weight excluding hydrogens is 374 g/mol. The van der Waals surface area contributed by atoms with Crippen LogP contribution in [0.3, 0.4) is 0 Å². The first-order chi connectivity index (χ1) is 13.4. The fraction of sp³-hybridized carbons (Fsp3) is 0.190. The topological polar surface area (TPSA) is 101 Å². The number of nitrogens with one attached hydrogen (secondary N) is 2. The molecule has 3 aromatic rings. The van der Waals surface area contributed by atoms with Gasteiger partial charge in [-0.1, -0.05) is 61.5 Å². The molecule has 146 valence electrons. The molecule has 28 heavy (non-hydrogen) atoms. The van der Waals surface area contributed by atoms with Gasteiger partial charge in [0.25, 0.3) is 0 Å². The second-order valence-electron chi connectivity index (χ2n) is 6.44. The average Bonchev–Trinajstić information content (AvgIpc) is 2.68. The van der Waals surface area contributed by atoms with E-state index in [0.29, 0.717) is 29.4 Å². The molecule has 0 fully saturated rings. The molecule has 0 aliphatic carbocycles. The van der Waals surface area contributed by atoms with Crippen molar-refractivity contribution in [2.24, 2.45) is 5.73 Å². The second-order valence-corrected chi connectivity index (χ2v) is 8.18. The van der Waals surface area contributed by atoms with Gasteiger partial charge in [-0.15, -0.1) is 0 Å². The molecule has 0 radical (unpaired) electrons. The van der Waals surface area contributed by atoms with Gasteiger partial charge >= 0.3 is 0 Å². The first-order valence-electron chi connectivity index (χ1n) is 9.04. The number of hydrogen-bond acceptors (Lipinski definition) is 4. The van der Waals surface area contributed by atoms with Gasteiger partial charge in [-0.05, 0) is 24.1 Å². The summed E-state index contributed by atoms with van der Waals surface area (Å²) in [5, 5.41) is 4.02. The zero-order valence-electron chi connectivity index (χ0n) is 15.6. The van der Waals surface area contributed by atoms with E-state index in [2.05, 4.69) is 10.0 Å². The van der Waals surface area contributed by atoms with Crippen molar-refractivity contribution in [3.05, 3.63) is 72.3 Å². The fourth-order valence-electron chi connectivity index (χ4n) is 3.08. The van der Waals surface area contributed by atoms with Crippen molar-refractivity contribution in [1.82, 2.24) is 4.72 Å². The van der Waals surface area contributed by atoms with Gasteiger partial charge in [-0.25, -0.2) is 13.1 Å². The molecule has 1 atom stereocenters. The van der Waals surface area contributed by atoms with Crippen LogP contribution in [0.4, 0.5) is 5.69 Å². The highest BCUT2D eigenvalue weighted by Gasteiger charge is 2.19. The Kier molecular flexibility index (Phi) is 6.08. The van der Waals surface area contributed by atoms with E-state index in [1.54, 1.807) is 43.3 Å². The molecule has 6 nitrogen and oxygen atoms in total. The van der Waals surface area contributed by atoms with E-state index in [-0.39, 0.29) is 10.8 Å². The quantitative estimate of drug-likeness (QED) is 0.570. The van der Waals surface area contributed by atoms with Crippen LogP contribution in [0.1, 0.15) is 12.5 Å². The van der Waals surface area contributed by atoms with E-state index < -0.39 is 16.1 Å². The van der Waals surface area contributed by atoms with Crippen molar-refractivity contribution in [3.63, 3.8) is 0 Å². The Labute approximate surface area is 164 Å². The van der Waals surface area contributed by atoms with Crippen LogP contribution in [0.2, 0.25) is 0 Å². The summed E-state index contributed by atoms with van der Waals surface area (Å²) in [5.74, 6) is -0.323. The smallest absolute Gasteiger partial charge is 0.241 e. The molecule has 0 aromatic heterocycles. The Hall–Kier alpha value is -2.74. The summed E-state index contributed by atoms with van der Waals surface area (Å²) in [4.78, 5) is 12.8. The number of benzene rings is 3. The number of rotatable bonds is 7. The standard InChI is InChI=1S/C21H23N3O3S/c1-2-23-28(26,27)20-13-7-10-16-17(20)11-6-12-19(16)24-21(25)18(22)14-15-8-4-3-5-9-15/h3-13,18,23H,2,14,22H2,1H3,(H,24,25)/t18-/m0/s1. The Balaban J connectivity index is 1.89. The molecule has 0 unspecified atom stereocenters. The van der Waals surface area contributed by atoms with Gasteiger partial charge in [0, 0.05) is 23.0 Å². The van der Waals surface area contributed by atoms with Crippen LogP contribution in [-0.2, 0) is 21.2 Å². The largest absolute Gasteiger partial charge is 0.324 e. The first-order valence-corrected chi connectivity index (χ1v) is 10.5. The molecule has 3 rings (SSSR count). The lowest BCUT2D eigenvalue weighted by Gasteiger charge is -2.15. The predicted molar refractivity (Wildman–Crippen MR) is 112 cm³/mol. The van der Waals surface area contributed by atoms with Gasteiger partial charge in [0.1, 0.15) is 0 Å². The molecule has 4 N–H and O–H groups in total. The third kappa shape index (κ3) is 4.39. The molecule has 1 amide bonds. The molecular formula is C21H23N3O3S. The van der Waals surface area contributed by atoms with Crippen LogP contribution in [0.25, 0.3) is 10.8 Å². The maximum absolute atomic E-state index is 12.6. The minimum absolute atomic E-state index is 0.177. The third-order valence-corrected chi connectivity index (χ3v) is 6.00. The van der Waals surface area contributed by atoms with Crippen molar-refractivity contribution in [2.45, 2.75) is 24.3 Å². The van der Waals surface area contributed by atoms with Crippen molar-refractivity contribution in [2.75, 3.05) is 11.9 Å². The van der Waals surface area contributed by atoms with E-state index >= 15 is 0 Å². The number of anilines is 1. The normalized spacial score (nSPS) is 12.6. The van der Waals surface area contributed by atoms with Gasteiger partial charge in [-0.2, -0.15) is 0 Å². The fourth-order valence-corrected chi connectivity index (χ4v) is 4.34. The van der Waals surface area contributed by atoms with Crippen LogP contribution < -0.4 is 15.8 Å². The van der Waals surface area contributed by atoms with E-state index in [1.165, 1.54) is 0 Å².